The first-order chi connectivity index (χ1) is 12.0. The first-order valence-electron chi connectivity index (χ1n) is 9.21. The van der Waals surface area contributed by atoms with Gasteiger partial charge < -0.3 is 20.4 Å². The van der Waals surface area contributed by atoms with E-state index < -0.39 is 24.3 Å². The molecule has 0 bridgehead atoms. The van der Waals surface area contributed by atoms with Gasteiger partial charge in [-0.2, -0.15) is 0 Å². The topological polar surface area (TPSA) is 98.0 Å². The number of aliphatic carboxylic acids is 1. The first kappa shape index (κ1) is 23.6. The Morgan fingerprint density at radius 2 is 1.60 bits per heavy atom. The van der Waals surface area contributed by atoms with E-state index in [4.69, 9.17) is 5.11 Å². The summed E-state index contributed by atoms with van der Waals surface area (Å²) < 4.78 is 0. The molecule has 0 amide bonds. The van der Waals surface area contributed by atoms with Crippen LogP contribution in [0.2, 0.25) is 0 Å². The zero-order valence-corrected chi connectivity index (χ0v) is 15.3. The molecular formula is C20H34O5. The highest BCUT2D eigenvalue weighted by molar-refractivity contribution is 5.66. The predicted octanol–water partition coefficient (Wildman–Crippen LogP) is 3.35. The maximum Gasteiger partial charge on any atom is 0.303 e. The molecule has 0 aliphatic heterocycles. The summed E-state index contributed by atoms with van der Waals surface area (Å²) in [6, 6.07) is 0. The van der Waals surface area contributed by atoms with Gasteiger partial charge in [0.25, 0.3) is 0 Å². The van der Waals surface area contributed by atoms with Crippen LogP contribution in [0, 0.1) is 0 Å². The number of carboxylic acid groups (broad SMARTS) is 1. The van der Waals surface area contributed by atoms with Crippen molar-refractivity contribution in [3.8, 4) is 0 Å². The molecule has 144 valence electrons. The average molecular weight is 354 g/mol. The van der Waals surface area contributed by atoms with Gasteiger partial charge in [-0.05, 0) is 38.5 Å². The lowest BCUT2D eigenvalue weighted by Gasteiger charge is -2.19. The molecule has 0 spiro atoms. The van der Waals surface area contributed by atoms with Crippen molar-refractivity contribution in [3.05, 3.63) is 36.5 Å². The van der Waals surface area contributed by atoms with E-state index in [1.54, 1.807) is 6.08 Å². The van der Waals surface area contributed by atoms with E-state index in [0.29, 0.717) is 25.7 Å². The smallest absolute Gasteiger partial charge is 0.303 e. The van der Waals surface area contributed by atoms with Crippen molar-refractivity contribution in [1.82, 2.24) is 0 Å². The van der Waals surface area contributed by atoms with E-state index in [1.807, 2.05) is 24.3 Å². The van der Waals surface area contributed by atoms with E-state index in [1.165, 1.54) is 18.9 Å². The van der Waals surface area contributed by atoms with Crippen LogP contribution in [0.3, 0.4) is 0 Å². The van der Waals surface area contributed by atoms with Crippen LogP contribution in [0.1, 0.15) is 64.7 Å². The molecule has 0 rings (SSSR count). The van der Waals surface area contributed by atoms with Crippen LogP contribution in [0.25, 0.3) is 0 Å². The van der Waals surface area contributed by atoms with Crippen molar-refractivity contribution < 1.29 is 25.2 Å². The number of unbranched alkanes of at least 4 members (excludes halogenated alkanes) is 4. The highest BCUT2D eigenvalue weighted by atomic mass is 16.4. The lowest BCUT2D eigenvalue weighted by Crippen LogP contribution is -2.35. The van der Waals surface area contributed by atoms with Gasteiger partial charge in [0, 0.05) is 6.42 Å². The summed E-state index contributed by atoms with van der Waals surface area (Å²) in [5.74, 6) is -0.792. The predicted molar refractivity (Wildman–Crippen MR) is 100 cm³/mol. The fourth-order valence-corrected chi connectivity index (χ4v) is 2.23. The van der Waals surface area contributed by atoms with Crippen LogP contribution < -0.4 is 0 Å². The van der Waals surface area contributed by atoms with Crippen LogP contribution >= 0.6 is 0 Å². The molecular weight excluding hydrogens is 320 g/mol. The number of allylic oxidation sites excluding steroid dienone is 4. The van der Waals surface area contributed by atoms with E-state index in [9.17, 15) is 20.1 Å². The lowest BCUT2D eigenvalue weighted by atomic mass is 10.0. The monoisotopic (exact) mass is 354 g/mol. The van der Waals surface area contributed by atoms with Crippen LogP contribution in [0.15, 0.2) is 36.5 Å². The molecule has 25 heavy (non-hydrogen) atoms. The quantitative estimate of drug-likeness (QED) is 0.267. The van der Waals surface area contributed by atoms with Gasteiger partial charge in [-0.25, -0.2) is 0 Å². The largest absolute Gasteiger partial charge is 0.481 e. The van der Waals surface area contributed by atoms with Gasteiger partial charge in [0.1, 0.15) is 12.2 Å². The third kappa shape index (κ3) is 14.6. The lowest BCUT2D eigenvalue weighted by molar-refractivity contribution is -0.137. The van der Waals surface area contributed by atoms with Crippen molar-refractivity contribution in [2.24, 2.45) is 0 Å². The summed E-state index contributed by atoms with van der Waals surface area (Å²) in [4.78, 5) is 10.3. The molecule has 0 aromatic rings. The molecule has 0 unspecified atom stereocenters. The Hall–Kier alpha value is -1.43. The third-order valence-corrected chi connectivity index (χ3v) is 3.80. The second-order valence-electron chi connectivity index (χ2n) is 6.17. The number of aliphatic hydroxyl groups excluding tert-OH is 3. The number of carboxylic acids is 1. The minimum Gasteiger partial charge on any atom is -0.481 e. The molecule has 0 aromatic carbocycles. The molecule has 0 saturated heterocycles. The summed E-state index contributed by atoms with van der Waals surface area (Å²) in [5, 5.41) is 38.1. The Bertz CT molecular complexity index is 414. The fourth-order valence-electron chi connectivity index (χ4n) is 2.23. The van der Waals surface area contributed by atoms with Crippen molar-refractivity contribution >= 4 is 5.97 Å². The second kappa shape index (κ2) is 16.1. The Labute approximate surface area is 151 Å². The number of rotatable bonds is 15. The third-order valence-electron chi connectivity index (χ3n) is 3.80. The van der Waals surface area contributed by atoms with Crippen LogP contribution in [-0.4, -0.2) is 44.7 Å². The molecule has 0 aliphatic rings. The maximum atomic E-state index is 10.3. The molecule has 4 N–H and O–H groups in total. The molecule has 5 heteroatoms. The Balaban J connectivity index is 3.92. The molecule has 3 atom stereocenters. The maximum absolute atomic E-state index is 10.3. The van der Waals surface area contributed by atoms with E-state index in [-0.39, 0.29) is 6.42 Å². The molecule has 0 saturated carbocycles. The van der Waals surface area contributed by atoms with Gasteiger partial charge in [-0.3, -0.25) is 4.79 Å². The SMILES string of the molecule is CCCCC/C=C\C[C@@H](O)[C@@H](O)[C@H](O)/C=C\C/C=C\CCCC(=O)O. The average Bonchev–Trinajstić information content (AvgIpc) is 2.58. The minimum absolute atomic E-state index is 0.163. The van der Waals surface area contributed by atoms with Gasteiger partial charge in [0.05, 0.1) is 6.10 Å². The number of carbonyl (C=O) groups is 1. The minimum atomic E-state index is -1.21. The van der Waals surface area contributed by atoms with Gasteiger partial charge in [-0.1, -0.05) is 56.2 Å². The summed E-state index contributed by atoms with van der Waals surface area (Å²) >= 11 is 0. The summed E-state index contributed by atoms with van der Waals surface area (Å²) in [6.45, 7) is 2.15. The molecule has 0 aliphatic carbocycles. The Morgan fingerprint density at radius 1 is 0.920 bits per heavy atom. The number of hydrogen-bond donors (Lipinski definition) is 4. The number of hydrogen-bond acceptors (Lipinski definition) is 4. The summed E-state index contributed by atoms with van der Waals surface area (Å²) in [6.07, 6.45) is 14.3. The Kier molecular flexibility index (Phi) is 15.1. The molecule has 0 aromatic heterocycles. The summed E-state index contributed by atoms with van der Waals surface area (Å²) in [7, 11) is 0. The van der Waals surface area contributed by atoms with Gasteiger partial charge in [0.2, 0.25) is 0 Å². The zero-order chi connectivity index (χ0) is 18.9. The van der Waals surface area contributed by atoms with Crippen molar-refractivity contribution in [2.45, 2.75) is 83.0 Å². The first-order valence-corrected chi connectivity index (χ1v) is 9.21. The number of aliphatic hydroxyl groups is 3. The van der Waals surface area contributed by atoms with Gasteiger partial charge >= 0.3 is 5.97 Å². The van der Waals surface area contributed by atoms with Crippen LogP contribution in [0.4, 0.5) is 0 Å². The van der Waals surface area contributed by atoms with Crippen molar-refractivity contribution in [2.75, 3.05) is 0 Å². The van der Waals surface area contributed by atoms with Crippen molar-refractivity contribution in [3.63, 3.8) is 0 Å². The standard InChI is InChI=1S/C20H34O5/c1-2-3-4-5-8-11-14-17(21)20(25)18(22)15-12-9-6-7-10-13-16-19(23)24/h6-8,11-12,15,17-18,20-22,25H,2-5,9-10,13-14,16H2,1H3,(H,23,24)/b7-6-,11-8-,15-12-/t17-,18-,20-/m1/s1. The van der Waals surface area contributed by atoms with E-state index >= 15 is 0 Å². The van der Waals surface area contributed by atoms with Crippen LogP contribution in [-0.2, 0) is 4.79 Å². The highest BCUT2D eigenvalue weighted by Crippen LogP contribution is 2.08. The van der Waals surface area contributed by atoms with E-state index in [0.717, 1.165) is 12.8 Å². The normalized spacial score (nSPS) is 16.0. The highest BCUT2D eigenvalue weighted by Gasteiger charge is 2.21. The van der Waals surface area contributed by atoms with Gasteiger partial charge in [-0.15, -0.1) is 0 Å². The fraction of sp³-hybridized carbons (Fsp3) is 0.650. The molecule has 0 radical (unpaired) electrons. The zero-order valence-electron chi connectivity index (χ0n) is 15.3. The Morgan fingerprint density at radius 3 is 2.28 bits per heavy atom. The van der Waals surface area contributed by atoms with Crippen LogP contribution in [0.5, 0.6) is 0 Å². The van der Waals surface area contributed by atoms with Crippen molar-refractivity contribution in [1.29, 1.82) is 0 Å². The van der Waals surface area contributed by atoms with Gasteiger partial charge in [0.15, 0.2) is 0 Å². The molecule has 5 nitrogen and oxygen atoms in total. The summed E-state index contributed by atoms with van der Waals surface area (Å²) in [5.41, 5.74) is 0. The van der Waals surface area contributed by atoms with E-state index in [2.05, 4.69) is 6.92 Å². The second-order valence-corrected chi connectivity index (χ2v) is 6.17. The molecule has 0 heterocycles. The molecule has 0 fully saturated rings.